The van der Waals surface area contributed by atoms with E-state index >= 15 is 0 Å². The van der Waals surface area contributed by atoms with Gasteiger partial charge in [-0.05, 0) is 18.6 Å². The highest BCUT2D eigenvalue weighted by Crippen LogP contribution is 2.44. The van der Waals surface area contributed by atoms with Gasteiger partial charge in [-0.3, -0.25) is 4.57 Å². The number of nitrogens with zero attached hydrogens (tertiary/aromatic N) is 1. The van der Waals surface area contributed by atoms with E-state index < -0.39 is 13.3 Å². The molecule has 1 heterocycles. The first-order valence-corrected chi connectivity index (χ1v) is 8.71. The van der Waals surface area contributed by atoms with E-state index in [2.05, 4.69) is 0 Å². The molecule has 2 aromatic carbocycles. The molecule has 1 aromatic heterocycles. The lowest BCUT2D eigenvalue weighted by Crippen LogP contribution is -2.15. The molecule has 0 saturated carbocycles. The van der Waals surface area contributed by atoms with Gasteiger partial charge in [0, 0.05) is 28.4 Å². The van der Waals surface area contributed by atoms with Gasteiger partial charge in [0.2, 0.25) is 0 Å². The highest BCUT2D eigenvalue weighted by atomic mass is 31.2. The van der Waals surface area contributed by atoms with Gasteiger partial charge in [0.15, 0.2) is 0 Å². The molecule has 1 unspecified atom stereocenters. The number of aromatic nitrogens is 1. The standard InChI is InChI=1S/C16H18NO3P/c1-2-12(21(18,19)20)11-17-15-9-5-3-7-13(15)14-8-4-6-10-16(14)17/h3-10,12H,2,11H2,1H3,(H2,18,19,20). The summed E-state index contributed by atoms with van der Waals surface area (Å²) in [6.45, 7) is 2.15. The van der Waals surface area contributed by atoms with E-state index in [4.69, 9.17) is 0 Å². The molecule has 4 nitrogen and oxygen atoms in total. The lowest BCUT2D eigenvalue weighted by Gasteiger charge is -2.18. The highest BCUT2D eigenvalue weighted by molar-refractivity contribution is 7.52. The molecule has 3 aromatic rings. The van der Waals surface area contributed by atoms with Crippen molar-refractivity contribution in [2.24, 2.45) is 0 Å². The number of fused-ring (bicyclic) bond motifs is 3. The summed E-state index contributed by atoms with van der Waals surface area (Å²) in [7, 11) is -4.09. The molecule has 3 rings (SSSR count). The molecule has 0 aliphatic rings. The zero-order valence-corrected chi connectivity index (χ0v) is 12.7. The fraction of sp³-hybridized carbons (Fsp3) is 0.250. The van der Waals surface area contributed by atoms with Crippen molar-refractivity contribution in [1.82, 2.24) is 4.57 Å². The number of hydrogen-bond donors (Lipinski definition) is 2. The lowest BCUT2D eigenvalue weighted by atomic mass is 10.2. The highest BCUT2D eigenvalue weighted by Gasteiger charge is 2.28. The third-order valence-corrected chi connectivity index (χ3v) is 5.50. The van der Waals surface area contributed by atoms with Crippen LogP contribution in [0.2, 0.25) is 0 Å². The molecular weight excluding hydrogens is 285 g/mol. The smallest absolute Gasteiger partial charge is 0.330 e. The van der Waals surface area contributed by atoms with Gasteiger partial charge in [-0.1, -0.05) is 43.3 Å². The van der Waals surface area contributed by atoms with Crippen LogP contribution in [0.5, 0.6) is 0 Å². The first-order chi connectivity index (χ1) is 10.0. The van der Waals surface area contributed by atoms with Crippen LogP contribution in [-0.4, -0.2) is 20.0 Å². The maximum atomic E-state index is 11.6. The molecule has 21 heavy (non-hydrogen) atoms. The molecule has 0 saturated heterocycles. The molecule has 0 bridgehead atoms. The molecule has 0 amide bonds. The number of hydrogen-bond acceptors (Lipinski definition) is 1. The van der Waals surface area contributed by atoms with Crippen molar-refractivity contribution in [3.8, 4) is 0 Å². The molecule has 110 valence electrons. The minimum Gasteiger partial charge on any atom is -0.340 e. The first kappa shape index (κ1) is 14.3. The fourth-order valence-electron chi connectivity index (χ4n) is 2.88. The Kier molecular flexibility index (Phi) is 3.62. The molecule has 5 heteroatoms. The third kappa shape index (κ3) is 2.51. The number of para-hydroxylation sites is 2. The van der Waals surface area contributed by atoms with Crippen molar-refractivity contribution in [3.05, 3.63) is 48.5 Å². The van der Waals surface area contributed by atoms with Crippen LogP contribution in [0, 0.1) is 0 Å². The van der Waals surface area contributed by atoms with E-state index in [9.17, 15) is 14.4 Å². The Balaban J connectivity index is 2.22. The molecule has 0 spiro atoms. The Morgan fingerprint density at radius 2 is 1.48 bits per heavy atom. The van der Waals surface area contributed by atoms with Gasteiger partial charge in [-0.15, -0.1) is 0 Å². The average Bonchev–Trinajstić information content (AvgIpc) is 2.78. The first-order valence-electron chi connectivity index (χ1n) is 7.03. The van der Waals surface area contributed by atoms with Gasteiger partial charge >= 0.3 is 7.60 Å². The van der Waals surface area contributed by atoms with Crippen LogP contribution in [0.3, 0.4) is 0 Å². The zero-order chi connectivity index (χ0) is 15.0. The van der Waals surface area contributed by atoms with Gasteiger partial charge in [0.05, 0.1) is 5.66 Å². The molecule has 1 atom stereocenters. The Bertz CT molecular complexity index is 781. The van der Waals surface area contributed by atoms with Crippen molar-refractivity contribution in [1.29, 1.82) is 0 Å². The van der Waals surface area contributed by atoms with Gasteiger partial charge in [0.1, 0.15) is 0 Å². The van der Waals surface area contributed by atoms with Gasteiger partial charge in [0.25, 0.3) is 0 Å². The summed E-state index contributed by atoms with van der Waals surface area (Å²) in [4.78, 5) is 19.0. The van der Waals surface area contributed by atoms with Crippen LogP contribution < -0.4 is 0 Å². The maximum absolute atomic E-state index is 11.6. The second kappa shape index (κ2) is 5.30. The van der Waals surface area contributed by atoms with Crippen molar-refractivity contribution < 1.29 is 14.4 Å². The summed E-state index contributed by atoms with van der Waals surface area (Å²) in [6, 6.07) is 16.0. The molecule has 0 aliphatic heterocycles. The zero-order valence-electron chi connectivity index (χ0n) is 11.8. The number of rotatable bonds is 4. The van der Waals surface area contributed by atoms with Crippen LogP contribution in [0.4, 0.5) is 0 Å². The van der Waals surface area contributed by atoms with E-state index in [1.165, 1.54) is 0 Å². The summed E-state index contributed by atoms with van der Waals surface area (Å²) < 4.78 is 13.7. The SMILES string of the molecule is CCC(Cn1c2ccccc2c2ccccc21)P(=O)(O)O. The lowest BCUT2D eigenvalue weighted by molar-refractivity contribution is 0.349. The van der Waals surface area contributed by atoms with E-state index in [1.807, 2.05) is 60.0 Å². The normalized spacial score (nSPS) is 13.9. The Labute approximate surface area is 123 Å². The maximum Gasteiger partial charge on any atom is 0.330 e. The van der Waals surface area contributed by atoms with Crippen molar-refractivity contribution >= 4 is 29.4 Å². The van der Waals surface area contributed by atoms with Crippen molar-refractivity contribution in [3.63, 3.8) is 0 Å². The monoisotopic (exact) mass is 303 g/mol. The molecule has 0 fully saturated rings. The Morgan fingerprint density at radius 1 is 1.00 bits per heavy atom. The van der Waals surface area contributed by atoms with Crippen LogP contribution in [0.25, 0.3) is 21.8 Å². The van der Waals surface area contributed by atoms with E-state index in [1.54, 1.807) is 0 Å². The molecule has 2 N–H and O–H groups in total. The quantitative estimate of drug-likeness (QED) is 0.722. The van der Waals surface area contributed by atoms with Crippen molar-refractivity contribution in [2.45, 2.75) is 25.5 Å². The molecular formula is C16H18NO3P. The second-order valence-electron chi connectivity index (χ2n) is 5.30. The van der Waals surface area contributed by atoms with Crippen molar-refractivity contribution in [2.75, 3.05) is 0 Å². The van der Waals surface area contributed by atoms with E-state index in [0.29, 0.717) is 13.0 Å². The van der Waals surface area contributed by atoms with Gasteiger partial charge < -0.3 is 14.4 Å². The van der Waals surface area contributed by atoms with E-state index in [0.717, 1.165) is 21.8 Å². The third-order valence-electron chi connectivity index (χ3n) is 4.02. The topological polar surface area (TPSA) is 62.5 Å². The van der Waals surface area contributed by atoms with E-state index in [-0.39, 0.29) is 0 Å². The van der Waals surface area contributed by atoms with Crippen LogP contribution >= 0.6 is 7.60 Å². The minimum absolute atomic E-state index is 0.328. The van der Waals surface area contributed by atoms with Crippen LogP contribution in [-0.2, 0) is 11.1 Å². The summed E-state index contributed by atoms with van der Waals surface area (Å²) in [5.41, 5.74) is 1.38. The van der Waals surface area contributed by atoms with Gasteiger partial charge in [-0.25, -0.2) is 0 Å². The number of benzene rings is 2. The fourth-order valence-corrected chi connectivity index (χ4v) is 3.74. The second-order valence-corrected chi connectivity index (χ2v) is 7.20. The summed E-state index contributed by atoms with van der Waals surface area (Å²) in [6.07, 6.45) is 0.450. The predicted octanol–water partition coefficient (Wildman–Crippen LogP) is 3.75. The molecule has 0 radical (unpaired) electrons. The predicted molar refractivity (Wildman–Crippen MR) is 85.6 cm³/mol. The Hall–Kier alpha value is -1.61. The summed E-state index contributed by atoms with van der Waals surface area (Å²) in [5.74, 6) is 0. The summed E-state index contributed by atoms with van der Waals surface area (Å²) >= 11 is 0. The minimum atomic E-state index is -4.09. The largest absolute Gasteiger partial charge is 0.340 e. The van der Waals surface area contributed by atoms with Gasteiger partial charge in [-0.2, -0.15) is 0 Å². The van der Waals surface area contributed by atoms with Crippen LogP contribution in [0.1, 0.15) is 13.3 Å². The molecule has 0 aliphatic carbocycles. The average molecular weight is 303 g/mol. The van der Waals surface area contributed by atoms with Crippen LogP contribution in [0.15, 0.2) is 48.5 Å². The summed E-state index contributed by atoms with van der Waals surface area (Å²) in [5, 5.41) is 2.24. The Morgan fingerprint density at radius 3 is 1.90 bits per heavy atom.